The minimum atomic E-state index is -0.215. The maximum Gasteiger partial charge on any atom is 0.123 e. The minimum Gasteiger partial charge on any atom is -0.330 e. The van der Waals surface area contributed by atoms with Crippen LogP contribution in [0.4, 0.5) is 4.39 Å². The summed E-state index contributed by atoms with van der Waals surface area (Å²) in [5.41, 5.74) is 8.00. The molecule has 0 bridgehead atoms. The lowest BCUT2D eigenvalue weighted by molar-refractivity contribution is 0.626. The Morgan fingerprint density at radius 1 is 0.875 bits per heavy atom. The van der Waals surface area contributed by atoms with Gasteiger partial charge in [0.15, 0.2) is 0 Å². The molecule has 0 saturated carbocycles. The first-order valence-electron chi connectivity index (χ1n) is 5.31. The van der Waals surface area contributed by atoms with Crippen molar-refractivity contribution in [1.82, 2.24) is 0 Å². The zero-order valence-electron chi connectivity index (χ0n) is 8.94. The third kappa shape index (κ3) is 2.28. The largest absolute Gasteiger partial charge is 0.330 e. The normalized spacial score (nSPS) is 12.4. The van der Waals surface area contributed by atoms with Crippen molar-refractivity contribution in [2.75, 3.05) is 6.54 Å². The topological polar surface area (TPSA) is 26.0 Å². The second kappa shape index (κ2) is 4.90. The van der Waals surface area contributed by atoms with Gasteiger partial charge < -0.3 is 5.73 Å². The fourth-order valence-electron chi connectivity index (χ4n) is 1.85. The van der Waals surface area contributed by atoms with Gasteiger partial charge in [0.25, 0.3) is 0 Å². The zero-order chi connectivity index (χ0) is 11.4. The highest BCUT2D eigenvalue weighted by molar-refractivity contribution is 5.32. The van der Waals surface area contributed by atoms with Crippen molar-refractivity contribution in [2.24, 2.45) is 5.73 Å². The van der Waals surface area contributed by atoms with E-state index in [4.69, 9.17) is 5.73 Å². The molecule has 1 unspecified atom stereocenters. The molecule has 2 rings (SSSR count). The first kappa shape index (κ1) is 10.8. The number of halogens is 1. The van der Waals surface area contributed by atoms with Crippen molar-refractivity contribution in [3.8, 4) is 0 Å². The fourth-order valence-corrected chi connectivity index (χ4v) is 1.85. The molecule has 0 amide bonds. The average Bonchev–Trinajstić information content (AvgIpc) is 2.34. The van der Waals surface area contributed by atoms with Gasteiger partial charge in [0.05, 0.1) is 0 Å². The van der Waals surface area contributed by atoms with Crippen LogP contribution in [-0.2, 0) is 0 Å². The van der Waals surface area contributed by atoms with Gasteiger partial charge in [0.2, 0.25) is 0 Å². The number of nitrogens with two attached hydrogens (primary N) is 1. The van der Waals surface area contributed by atoms with Gasteiger partial charge in [0.1, 0.15) is 5.82 Å². The van der Waals surface area contributed by atoms with Crippen LogP contribution in [0, 0.1) is 5.82 Å². The van der Waals surface area contributed by atoms with Gasteiger partial charge in [-0.25, -0.2) is 4.39 Å². The average molecular weight is 215 g/mol. The van der Waals surface area contributed by atoms with Crippen LogP contribution in [0.1, 0.15) is 17.0 Å². The van der Waals surface area contributed by atoms with Gasteiger partial charge in [-0.3, -0.25) is 0 Å². The quantitative estimate of drug-likeness (QED) is 0.837. The van der Waals surface area contributed by atoms with E-state index in [1.807, 2.05) is 30.3 Å². The standard InChI is InChI=1S/C14H14FN/c15-13-8-6-12(7-9-13)14(10-16)11-4-2-1-3-5-11/h1-9,14H,10,16H2. The van der Waals surface area contributed by atoms with Crippen molar-refractivity contribution >= 4 is 0 Å². The molecule has 0 aliphatic rings. The molecule has 2 aromatic rings. The number of hydrogen-bond donors (Lipinski definition) is 1. The lowest BCUT2D eigenvalue weighted by Gasteiger charge is -2.15. The van der Waals surface area contributed by atoms with Crippen molar-refractivity contribution in [3.63, 3.8) is 0 Å². The molecular formula is C14H14FN. The molecule has 0 aliphatic heterocycles. The second-order valence-electron chi connectivity index (χ2n) is 3.75. The Bertz CT molecular complexity index is 436. The van der Waals surface area contributed by atoms with Crippen LogP contribution in [0.3, 0.4) is 0 Å². The maximum atomic E-state index is 12.8. The molecule has 82 valence electrons. The summed E-state index contributed by atoms with van der Waals surface area (Å²) in [5, 5.41) is 0. The molecule has 0 aliphatic carbocycles. The molecule has 0 heterocycles. The highest BCUT2D eigenvalue weighted by atomic mass is 19.1. The first-order valence-corrected chi connectivity index (χ1v) is 5.31. The summed E-state index contributed by atoms with van der Waals surface area (Å²) in [6.45, 7) is 0.523. The Balaban J connectivity index is 2.33. The van der Waals surface area contributed by atoms with Gasteiger partial charge in [-0.1, -0.05) is 42.5 Å². The van der Waals surface area contributed by atoms with Crippen LogP contribution in [-0.4, -0.2) is 6.54 Å². The van der Waals surface area contributed by atoms with E-state index in [2.05, 4.69) is 0 Å². The second-order valence-corrected chi connectivity index (χ2v) is 3.75. The van der Waals surface area contributed by atoms with E-state index < -0.39 is 0 Å². The Kier molecular flexibility index (Phi) is 3.32. The van der Waals surface area contributed by atoms with E-state index in [0.29, 0.717) is 6.54 Å². The summed E-state index contributed by atoms with van der Waals surface area (Å²) in [5.74, 6) is -0.0746. The van der Waals surface area contributed by atoms with Crippen molar-refractivity contribution in [3.05, 3.63) is 71.5 Å². The van der Waals surface area contributed by atoms with Crippen LogP contribution < -0.4 is 5.73 Å². The van der Waals surface area contributed by atoms with Crippen LogP contribution in [0.25, 0.3) is 0 Å². The molecule has 0 aromatic heterocycles. The molecule has 0 fully saturated rings. The molecule has 2 heteroatoms. The molecule has 2 aromatic carbocycles. The zero-order valence-corrected chi connectivity index (χ0v) is 8.94. The van der Waals surface area contributed by atoms with E-state index in [-0.39, 0.29) is 11.7 Å². The van der Waals surface area contributed by atoms with Crippen LogP contribution in [0.2, 0.25) is 0 Å². The lowest BCUT2D eigenvalue weighted by Crippen LogP contribution is -2.13. The molecule has 1 nitrogen and oxygen atoms in total. The molecule has 16 heavy (non-hydrogen) atoms. The summed E-state index contributed by atoms with van der Waals surface area (Å²) >= 11 is 0. The summed E-state index contributed by atoms with van der Waals surface area (Å²) < 4.78 is 12.8. The smallest absolute Gasteiger partial charge is 0.123 e. The lowest BCUT2D eigenvalue weighted by atomic mass is 9.91. The molecule has 0 saturated heterocycles. The SMILES string of the molecule is NCC(c1ccccc1)c1ccc(F)cc1. The minimum absolute atomic E-state index is 0.141. The summed E-state index contributed by atoms with van der Waals surface area (Å²) in [6.07, 6.45) is 0. The maximum absolute atomic E-state index is 12.8. The summed E-state index contributed by atoms with van der Waals surface area (Å²) in [7, 11) is 0. The van der Waals surface area contributed by atoms with Crippen LogP contribution in [0.5, 0.6) is 0 Å². The Morgan fingerprint density at radius 2 is 1.44 bits per heavy atom. The predicted octanol–water partition coefficient (Wildman–Crippen LogP) is 2.92. The predicted molar refractivity (Wildman–Crippen MR) is 63.7 cm³/mol. The van der Waals surface area contributed by atoms with Gasteiger partial charge in [-0.15, -0.1) is 0 Å². The third-order valence-corrected chi connectivity index (χ3v) is 2.71. The van der Waals surface area contributed by atoms with Gasteiger partial charge in [-0.05, 0) is 23.3 Å². The first-order chi connectivity index (χ1) is 7.81. The van der Waals surface area contributed by atoms with Gasteiger partial charge in [-0.2, -0.15) is 0 Å². The highest BCUT2D eigenvalue weighted by Gasteiger charge is 2.11. The Hall–Kier alpha value is -1.67. The number of hydrogen-bond acceptors (Lipinski definition) is 1. The van der Waals surface area contributed by atoms with Crippen molar-refractivity contribution < 1.29 is 4.39 Å². The third-order valence-electron chi connectivity index (χ3n) is 2.71. The number of rotatable bonds is 3. The van der Waals surface area contributed by atoms with E-state index in [1.54, 1.807) is 12.1 Å². The molecule has 1 atom stereocenters. The summed E-state index contributed by atoms with van der Waals surface area (Å²) in [4.78, 5) is 0. The highest BCUT2D eigenvalue weighted by Crippen LogP contribution is 2.23. The van der Waals surface area contributed by atoms with E-state index >= 15 is 0 Å². The van der Waals surface area contributed by atoms with Crippen LogP contribution >= 0.6 is 0 Å². The van der Waals surface area contributed by atoms with E-state index in [9.17, 15) is 4.39 Å². The monoisotopic (exact) mass is 215 g/mol. The van der Waals surface area contributed by atoms with Crippen molar-refractivity contribution in [2.45, 2.75) is 5.92 Å². The van der Waals surface area contributed by atoms with E-state index in [0.717, 1.165) is 11.1 Å². The molecular weight excluding hydrogens is 201 g/mol. The van der Waals surface area contributed by atoms with E-state index in [1.165, 1.54) is 12.1 Å². The molecule has 0 radical (unpaired) electrons. The summed E-state index contributed by atoms with van der Waals surface area (Å²) in [6, 6.07) is 16.6. The molecule has 2 N–H and O–H groups in total. The van der Waals surface area contributed by atoms with Gasteiger partial charge in [0, 0.05) is 12.5 Å². The molecule has 0 spiro atoms. The van der Waals surface area contributed by atoms with Gasteiger partial charge >= 0.3 is 0 Å². The fraction of sp³-hybridized carbons (Fsp3) is 0.143. The Labute approximate surface area is 94.7 Å². The van der Waals surface area contributed by atoms with Crippen molar-refractivity contribution in [1.29, 1.82) is 0 Å². The van der Waals surface area contributed by atoms with Crippen LogP contribution in [0.15, 0.2) is 54.6 Å². The number of benzene rings is 2. The Morgan fingerprint density at radius 3 is 2.00 bits per heavy atom.